The van der Waals surface area contributed by atoms with Gasteiger partial charge in [-0.3, -0.25) is 0 Å². The third-order valence-corrected chi connectivity index (χ3v) is 10.7. The van der Waals surface area contributed by atoms with Crippen LogP contribution in [-0.4, -0.2) is 46.2 Å². The molecule has 0 spiro atoms. The Morgan fingerprint density at radius 1 is 0.596 bits per heavy atom. The molecule has 4 aromatic heterocycles. The molecule has 280 valence electrons. The monoisotopic (exact) mass is 796 g/mol. The van der Waals surface area contributed by atoms with Crippen molar-refractivity contribution in [3.63, 3.8) is 0 Å². The predicted octanol–water partition coefficient (Wildman–Crippen LogP) is 8.11. The van der Waals surface area contributed by atoms with E-state index in [-0.39, 0.29) is 58.8 Å². The fourth-order valence-corrected chi connectivity index (χ4v) is 7.80. The summed E-state index contributed by atoms with van der Waals surface area (Å²) in [5.41, 5.74) is 2.30. The van der Waals surface area contributed by atoms with Gasteiger partial charge in [0.15, 0.2) is 23.0 Å². The standard InChI is InChI=1S/C41H24N4O10S2/c46-36-24-10-20(1-5-28(24)54-38(48)34(36)26-16-56-40(44-26)42-14-22-3-7-30-32(12-22)52-18-50-30)9-21-2-6-29-25(11-21)37(47)35(39(49)55-29)27-17-57-41(45-27)43-15-23-4-8-31-33(13-23)53-19-51-31/h1-8,10-17,46-47H,9,18-19H2/b42-14-,43-15+. The summed E-state index contributed by atoms with van der Waals surface area (Å²) in [5.74, 6) is 2.03. The van der Waals surface area contributed by atoms with Crippen LogP contribution in [0.4, 0.5) is 10.3 Å². The van der Waals surface area contributed by atoms with Crippen LogP contribution in [0.25, 0.3) is 44.5 Å². The highest BCUT2D eigenvalue weighted by atomic mass is 32.1. The molecule has 0 amide bonds. The number of nitrogens with zero attached hydrogens (tertiary/aromatic N) is 4. The molecule has 0 fully saturated rings. The summed E-state index contributed by atoms with van der Waals surface area (Å²) >= 11 is 2.41. The minimum absolute atomic E-state index is 0.0811. The van der Waals surface area contributed by atoms with Gasteiger partial charge in [0, 0.05) is 23.2 Å². The number of ether oxygens (including phenoxy) is 4. The molecule has 2 aliphatic rings. The molecule has 0 bridgehead atoms. The number of thiazole rings is 2. The van der Waals surface area contributed by atoms with E-state index in [0.717, 1.165) is 22.3 Å². The molecule has 57 heavy (non-hydrogen) atoms. The van der Waals surface area contributed by atoms with Crippen LogP contribution in [0.2, 0.25) is 0 Å². The SMILES string of the molecule is O=c1oc2ccc(Cc3ccc4oc(=O)c(-c5csc(/N=C/c6ccc7c(c6)OCO7)n5)c(O)c4c3)cc2c(O)c1-c1csc(/N=C\c2ccc3c(c2)OCO3)n1. The highest BCUT2D eigenvalue weighted by Crippen LogP contribution is 2.39. The molecule has 10 rings (SSSR count). The lowest BCUT2D eigenvalue weighted by Crippen LogP contribution is -2.04. The van der Waals surface area contributed by atoms with Gasteiger partial charge in [0.05, 0.1) is 22.2 Å². The quantitative estimate of drug-likeness (QED) is 0.111. The van der Waals surface area contributed by atoms with Gasteiger partial charge in [0.1, 0.15) is 33.8 Å². The molecule has 6 heterocycles. The van der Waals surface area contributed by atoms with E-state index < -0.39 is 11.3 Å². The van der Waals surface area contributed by atoms with Crippen LogP contribution < -0.4 is 30.2 Å². The van der Waals surface area contributed by atoms with Gasteiger partial charge in [-0.2, -0.15) is 0 Å². The molecular weight excluding hydrogens is 773 g/mol. The van der Waals surface area contributed by atoms with Crippen molar-refractivity contribution in [1.29, 1.82) is 0 Å². The Hall–Kier alpha value is -7.30. The summed E-state index contributed by atoms with van der Waals surface area (Å²) in [5, 5.41) is 27.4. The summed E-state index contributed by atoms with van der Waals surface area (Å²) in [6.07, 6.45) is 3.60. The van der Waals surface area contributed by atoms with Crippen LogP contribution >= 0.6 is 22.7 Å². The molecule has 2 aliphatic heterocycles. The number of benzene rings is 4. The summed E-state index contributed by atoms with van der Waals surface area (Å²) in [4.78, 5) is 43.9. The van der Waals surface area contributed by atoms with E-state index in [0.29, 0.717) is 50.5 Å². The lowest BCUT2D eigenvalue weighted by atomic mass is 10.00. The Morgan fingerprint density at radius 2 is 1.05 bits per heavy atom. The predicted molar refractivity (Wildman–Crippen MR) is 213 cm³/mol. The van der Waals surface area contributed by atoms with Gasteiger partial charge in [-0.1, -0.05) is 12.1 Å². The van der Waals surface area contributed by atoms with Crippen molar-refractivity contribution in [2.24, 2.45) is 9.98 Å². The first-order valence-electron chi connectivity index (χ1n) is 17.2. The van der Waals surface area contributed by atoms with Gasteiger partial charge in [-0.15, -0.1) is 22.7 Å². The van der Waals surface area contributed by atoms with Crippen LogP contribution in [0.5, 0.6) is 34.5 Å². The molecule has 14 nitrogen and oxygen atoms in total. The van der Waals surface area contributed by atoms with E-state index in [9.17, 15) is 19.8 Å². The Morgan fingerprint density at radius 3 is 1.53 bits per heavy atom. The largest absolute Gasteiger partial charge is 0.506 e. The second kappa shape index (κ2) is 13.8. The average molecular weight is 797 g/mol. The first kappa shape index (κ1) is 34.2. The highest BCUT2D eigenvalue weighted by molar-refractivity contribution is 7.14. The van der Waals surface area contributed by atoms with Crippen LogP contribution in [-0.2, 0) is 6.42 Å². The molecule has 0 saturated heterocycles. The van der Waals surface area contributed by atoms with Crippen LogP contribution in [0.1, 0.15) is 22.3 Å². The van der Waals surface area contributed by atoms with Gasteiger partial charge in [-0.25, -0.2) is 29.5 Å². The number of hydrogen-bond acceptors (Lipinski definition) is 16. The highest BCUT2D eigenvalue weighted by Gasteiger charge is 2.22. The third-order valence-electron chi connectivity index (χ3n) is 9.23. The molecule has 0 saturated carbocycles. The van der Waals surface area contributed by atoms with Crippen molar-refractivity contribution < 1.29 is 38.0 Å². The molecule has 0 aliphatic carbocycles. The number of fused-ring (bicyclic) bond motifs is 4. The van der Waals surface area contributed by atoms with Crippen molar-refractivity contribution in [2.75, 3.05) is 13.6 Å². The Labute approximate surface area is 327 Å². The number of aromatic hydroxyl groups is 2. The first-order valence-corrected chi connectivity index (χ1v) is 19.0. The topological polar surface area (TPSA) is 188 Å². The Kier molecular flexibility index (Phi) is 8.27. The third kappa shape index (κ3) is 6.41. The van der Waals surface area contributed by atoms with Crippen molar-refractivity contribution in [1.82, 2.24) is 9.97 Å². The molecule has 2 N–H and O–H groups in total. The van der Waals surface area contributed by atoms with Crippen molar-refractivity contribution in [2.45, 2.75) is 6.42 Å². The zero-order valence-electron chi connectivity index (χ0n) is 29.1. The number of aliphatic imine (C=N–C) groups is 2. The molecule has 0 unspecified atom stereocenters. The average Bonchev–Trinajstić information content (AvgIpc) is 4.05. The van der Waals surface area contributed by atoms with E-state index >= 15 is 0 Å². The van der Waals surface area contributed by atoms with Gasteiger partial charge in [0.25, 0.3) is 0 Å². The summed E-state index contributed by atoms with van der Waals surface area (Å²) in [7, 11) is 0. The maximum atomic E-state index is 13.1. The second-order valence-corrected chi connectivity index (χ2v) is 14.5. The van der Waals surface area contributed by atoms with Gasteiger partial charge < -0.3 is 38.0 Å². The Balaban J connectivity index is 0.908. The summed E-state index contributed by atoms with van der Waals surface area (Å²) in [6, 6.07) is 21.1. The van der Waals surface area contributed by atoms with E-state index in [4.69, 9.17) is 27.8 Å². The van der Waals surface area contributed by atoms with Crippen LogP contribution in [0, 0.1) is 0 Å². The fraction of sp³-hybridized carbons (Fsp3) is 0.0732. The zero-order chi connectivity index (χ0) is 38.6. The zero-order valence-corrected chi connectivity index (χ0v) is 30.8. The van der Waals surface area contributed by atoms with Crippen LogP contribution in [0.15, 0.2) is 112 Å². The maximum absolute atomic E-state index is 13.1. The molecule has 0 atom stereocenters. The first-order chi connectivity index (χ1) is 27.8. The van der Waals surface area contributed by atoms with Crippen molar-refractivity contribution in [3.05, 3.63) is 127 Å². The van der Waals surface area contributed by atoms with E-state index in [1.807, 2.05) is 12.1 Å². The second-order valence-electron chi connectivity index (χ2n) is 12.8. The molecule has 8 aromatic rings. The number of rotatable bonds is 8. The fourth-order valence-electron chi connectivity index (χ4n) is 6.50. The lowest BCUT2D eigenvalue weighted by molar-refractivity contribution is 0.173. The molecular formula is C41H24N4O10S2. The minimum atomic E-state index is -0.740. The van der Waals surface area contributed by atoms with Gasteiger partial charge in [-0.05, 0) is 89.3 Å². The van der Waals surface area contributed by atoms with Gasteiger partial charge >= 0.3 is 11.3 Å². The smallest absolute Gasteiger partial charge is 0.349 e. The van der Waals surface area contributed by atoms with E-state index in [2.05, 4.69) is 20.0 Å². The Bertz CT molecular complexity index is 2900. The van der Waals surface area contributed by atoms with Gasteiger partial charge in [0.2, 0.25) is 23.8 Å². The van der Waals surface area contributed by atoms with Crippen molar-refractivity contribution in [3.8, 4) is 57.0 Å². The summed E-state index contributed by atoms with van der Waals surface area (Å²) < 4.78 is 32.7. The normalized spacial score (nSPS) is 13.2. The molecule has 16 heteroatoms. The van der Waals surface area contributed by atoms with E-state index in [1.54, 1.807) is 83.9 Å². The van der Waals surface area contributed by atoms with Crippen LogP contribution in [0.3, 0.4) is 0 Å². The minimum Gasteiger partial charge on any atom is -0.506 e. The molecule has 0 radical (unpaired) electrons. The number of aromatic nitrogens is 2. The number of hydrogen-bond donors (Lipinski definition) is 2. The van der Waals surface area contributed by atoms with E-state index in [1.165, 1.54) is 22.7 Å². The lowest BCUT2D eigenvalue weighted by Gasteiger charge is -2.09. The summed E-state index contributed by atoms with van der Waals surface area (Å²) in [6.45, 7) is 0.333. The molecule has 4 aromatic carbocycles. The van der Waals surface area contributed by atoms with Crippen molar-refractivity contribution >= 4 is 67.3 Å². The maximum Gasteiger partial charge on any atom is 0.349 e.